The normalized spacial score (nSPS) is 9.73. The van der Waals surface area contributed by atoms with Crippen molar-refractivity contribution in [3.05, 3.63) is 22.7 Å². The van der Waals surface area contributed by atoms with Gasteiger partial charge in [-0.1, -0.05) is 11.6 Å². The summed E-state index contributed by atoms with van der Waals surface area (Å²) < 4.78 is 4.99. The summed E-state index contributed by atoms with van der Waals surface area (Å²) in [7, 11) is 1.60. The van der Waals surface area contributed by atoms with Crippen molar-refractivity contribution >= 4 is 17.3 Å². The third-order valence-corrected chi connectivity index (χ3v) is 1.86. The molecule has 3 heteroatoms. The van der Waals surface area contributed by atoms with Gasteiger partial charge in [0.15, 0.2) is 0 Å². The number of methoxy groups -OCH3 is 1. The Morgan fingerprint density at radius 1 is 1.45 bits per heavy atom. The first-order chi connectivity index (χ1) is 5.15. The average molecular weight is 172 g/mol. The van der Waals surface area contributed by atoms with Crippen molar-refractivity contribution in [2.24, 2.45) is 0 Å². The van der Waals surface area contributed by atoms with E-state index in [9.17, 15) is 0 Å². The van der Waals surface area contributed by atoms with Crippen LogP contribution in [-0.4, -0.2) is 7.11 Å². The van der Waals surface area contributed by atoms with Gasteiger partial charge in [-0.05, 0) is 18.6 Å². The quantitative estimate of drug-likeness (QED) is 0.658. The number of ether oxygens (including phenoxy) is 1. The number of rotatable bonds is 1. The van der Waals surface area contributed by atoms with Crippen LogP contribution in [0, 0.1) is 6.92 Å². The second-order valence-corrected chi connectivity index (χ2v) is 2.75. The summed E-state index contributed by atoms with van der Waals surface area (Å²) >= 11 is 5.79. The second-order valence-electron chi connectivity index (χ2n) is 2.34. The largest absolute Gasteiger partial charge is 0.497 e. The van der Waals surface area contributed by atoms with Crippen LogP contribution in [0.5, 0.6) is 5.75 Å². The molecule has 1 aromatic rings. The summed E-state index contributed by atoms with van der Waals surface area (Å²) in [4.78, 5) is 0. The molecule has 0 aliphatic rings. The fraction of sp³-hybridized carbons (Fsp3) is 0.250. The molecular weight excluding hydrogens is 162 g/mol. The van der Waals surface area contributed by atoms with Gasteiger partial charge in [0.1, 0.15) is 5.75 Å². The van der Waals surface area contributed by atoms with Crippen LogP contribution in [-0.2, 0) is 0 Å². The molecule has 0 amide bonds. The first-order valence-electron chi connectivity index (χ1n) is 3.24. The molecular formula is C8H10ClNO. The van der Waals surface area contributed by atoms with Gasteiger partial charge < -0.3 is 10.5 Å². The molecule has 1 rings (SSSR count). The van der Waals surface area contributed by atoms with Crippen LogP contribution in [0.3, 0.4) is 0 Å². The minimum Gasteiger partial charge on any atom is -0.497 e. The lowest BCUT2D eigenvalue weighted by molar-refractivity contribution is 0.414. The molecule has 0 unspecified atom stereocenters. The molecule has 0 radical (unpaired) electrons. The maximum atomic E-state index is 5.79. The van der Waals surface area contributed by atoms with Gasteiger partial charge in [-0.15, -0.1) is 0 Å². The Hall–Kier alpha value is -0.890. The predicted molar refractivity (Wildman–Crippen MR) is 47.2 cm³/mol. The van der Waals surface area contributed by atoms with Gasteiger partial charge in [-0.2, -0.15) is 0 Å². The zero-order chi connectivity index (χ0) is 8.43. The molecule has 0 saturated heterocycles. The van der Waals surface area contributed by atoms with E-state index in [0.717, 1.165) is 11.3 Å². The Morgan fingerprint density at radius 2 is 2.09 bits per heavy atom. The molecule has 0 saturated carbocycles. The van der Waals surface area contributed by atoms with E-state index in [4.69, 9.17) is 22.1 Å². The van der Waals surface area contributed by atoms with E-state index < -0.39 is 0 Å². The minimum absolute atomic E-state index is 0.543. The highest BCUT2D eigenvalue weighted by atomic mass is 35.5. The van der Waals surface area contributed by atoms with E-state index >= 15 is 0 Å². The van der Waals surface area contributed by atoms with E-state index in [0.29, 0.717) is 10.7 Å². The highest BCUT2D eigenvalue weighted by Gasteiger charge is 2.01. The Bertz CT molecular complexity index is 250. The number of halogens is 1. The molecule has 1 aromatic carbocycles. The average Bonchev–Trinajstić information content (AvgIpc) is 1.99. The highest BCUT2D eigenvalue weighted by molar-refractivity contribution is 6.33. The lowest BCUT2D eigenvalue weighted by atomic mass is 10.2. The van der Waals surface area contributed by atoms with Crippen LogP contribution in [0.2, 0.25) is 5.02 Å². The van der Waals surface area contributed by atoms with Crippen molar-refractivity contribution in [2.75, 3.05) is 12.8 Å². The van der Waals surface area contributed by atoms with E-state index in [-0.39, 0.29) is 0 Å². The molecule has 60 valence electrons. The van der Waals surface area contributed by atoms with Crippen LogP contribution >= 0.6 is 11.6 Å². The maximum Gasteiger partial charge on any atom is 0.120 e. The van der Waals surface area contributed by atoms with Gasteiger partial charge in [-0.3, -0.25) is 0 Å². The Kier molecular flexibility index (Phi) is 2.25. The summed E-state index contributed by atoms with van der Waals surface area (Å²) in [6, 6.07) is 3.55. The van der Waals surface area contributed by atoms with Gasteiger partial charge in [0.25, 0.3) is 0 Å². The number of benzene rings is 1. The number of nitrogen functional groups attached to an aromatic ring is 1. The molecule has 11 heavy (non-hydrogen) atoms. The molecule has 2 nitrogen and oxygen atoms in total. The van der Waals surface area contributed by atoms with E-state index in [2.05, 4.69) is 0 Å². The monoisotopic (exact) mass is 171 g/mol. The van der Waals surface area contributed by atoms with Gasteiger partial charge >= 0.3 is 0 Å². The fourth-order valence-electron chi connectivity index (χ4n) is 0.842. The molecule has 0 spiro atoms. The molecule has 0 aliphatic carbocycles. The van der Waals surface area contributed by atoms with Crippen LogP contribution in [0.15, 0.2) is 12.1 Å². The van der Waals surface area contributed by atoms with Gasteiger partial charge in [-0.25, -0.2) is 0 Å². The topological polar surface area (TPSA) is 35.2 Å². The number of hydrogen-bond donors (Lipinski definition) is 1. The Balaban J connectivity index is 3.21. The first-order valence-corrected chi connectivity index (χ1v) is 3.62. The van der Waals surface area contributed by atoms with Crippen molar-refractivity contribution in [2.45, 2.75) is 6.92 Å². The van der Waals surface area contributed by atoms with Crippen LogP contribution in [0.1, 0.15) is 5.56 Å². The highest BCUT2D eigenvalue weighted by Crippen LogP contribution is 2.27. The van der Waals surface area contributed by atoms with Gasteiger partial charge in [0.2, 0.25) is 0 Å². The van der Waals surface area contributed by atoms with E-state index in [1.54, 1.807) is 13.2 Å². The van der Waals surface area contributed by atoms with Gasteiger partial charge in [0, 0.05) is 6.07 Å². The molecule has 0 fully saturated rings. The predicted octanol–water partition coefficient (Wildman–Crippen LogP) is 2.24. The smallest absolute Gasteiger partial charge is 0.120 e. The number of anilines is 1. The molecule has 0 heterocycles. The summed E-state index contributed by atoms with van der Waals surface area (Å²) in [5.41, 5.74) is 7.18. The summed E-state index contributed by atoms with van der Waals surface area (Å²) in [6.45, 7) is 1.89. The SMILES string of the molecule is COc1cc(C)c(N)c(Cl)c1. The molecule has 0 aromatic heterocycles. The maximum absolute atomic E-state index is 5.79. The van der Waals surface area contributed by atoms with Crippen LogP contribution in [0.4, 0.5) is 5.69 Å². The fourth-order valence-corrected chi connectivity index (χ4v) is 1.10. The Morgan fingerprint density at radius 3 is 2.55 bits per heavy atom. The zero-order valence-electron chi connectivity index (χ0n) is 6.52. The van der Waals surface area contributed by atoms with Crippen molar-refractivity contribution in [1.82, 2.24) is 0 Å². The second kappa shape index (κ2) is 3.01. The van der Waals surface area contributed by atoms with E-state index in [1.165, 1.54) is 0 Å². The number of nitrogens with two attached hydrogens (primary N) is 1. The lowest BCUT2D eigenvalue weighted by Crippen LogP contribution is -1.92. The summed E-state index contributed by atoms with van der Waals surface area (Å²) in [5, 5.41) is 0.543. The standard InChI is InChI=1S/C8H10ClNO/c1-5-3-6(11-2)4-7(9)8(5)10/h3-4H,10H2,1-2H3. The van der Waals surface area contributed by atoms with Crippen molar-refractivity contribution < 1.29 is 4.74 Å². The Labute approximate surface area is 70.9 Å². The first kappa shape index (κ1) is 8.21. The van der Waals surface area contributed by atoms with E-state index in [1.807, 2.05) is 13.0 Å². The molecule has 0 bridgehead atoms. The third-order valence-electron chi connectivity index (χ3n) is 1.55. The summed E-state index contributed by atoms with van der Waals surface area (Å²) in [6.07, 6.45) is 0. The van der Waals surface area contributed by atoms with Crippen molar-refractivity contribution in [3.8, 4) is 5.75 Å². The van der Waals surface area contributed by atoms with Crippen molar-refractivity contribution in [3.63, 3.8) is 0 Å². The number of hydrogen-bond acceptors (Lipinski definition) is 2. The van der Waals surface area contributed by atoms with Crippen molar-refractivity contribution in [1.29, 1.82) is 0 Å². The number of aryl methyl sites for hydroxylation is 1. The zero-order valence-corrected chi connectivity index (χ0v) is 7.27. The third kappa shape index (κ3) is 1.57. The lowest BCUT2D eigenvalue weighted by Gasteiger charge is -2.05. The summed E-state index contributed by atoms with van der Waals surface area (Å²) in [5.74, 6) is 0.738. The van der Waals surface area contributed by atoms with Gasteiger partial charge in [0.05, 0.1) is 17.8 Å². The van der Waals surface area contributed by atoms with Crippen LogP contribution < -0.4 is 10.5 Å². The minimum atomic E-state index is 0.543. The van der Waals surface area contributed by atoms with Crippen LogP contribution in [0.25, 0.3) is 0 Å². The molecule has 0 aliphatic heterocycles. The molecule has 2 N–H and O–H groups in total. The molecule has 0 atom stereocenters.